The minimum atomic E-state index is -0.436. The Labute approximate surface area is 278 Å². The summed E-state index contributed by atoms with van der Waals surface area (Å²) in [6.45, 7) is 2.37. The van der Waals surface area contributed by atoms with E-state index in [4.69, 9.17) is 16.3 Å². The normalized spacial score (nSPS) is 15.8. The number of aromatic amines is 1. The molecule has 1 saturated carbocycles. The molecule has 3 heterocycles. The Kier molecular flexibility index (Phi) is 8.04. The number of nitrogens with zero attached hydrogens (tertiary/aromatic N) is 4. The summed E-state index contributed by atoms with van der Waals surface area (Å²) in [4.78, 5) is 51.0. The van der Waals surface area contributed by atoms with Crippen LogP contribution in [0, 0.1) is 0 Å². The molecular weight excluding hydrogens is 672 g/mol. The van der Waals surface area contributed by atoms with Gasteiger partial charge in [-0.05, 0) is 83.7 Å². The molecule has 2 N–H and O–H groups in total. The molecule has 0 unspecified atom stereocenters. The van der Waals surface area contributed by atoms with Crippen molar-refractivity contribution in [2.45, 2.75) is 51.5 Å². The van der Waals surface area contributed by atoms with Gasteiger partial charge in [0, 0.05) is 40.9 Å². The molecular formula is C34H30BrClN6O4. The van der Waals surface area contributed by atoms with Gasteiger partial charge in [-0.15, -0.1) is 0 Å². The van der Waals surface area contributed by atoms with Gasteiger partial charge in [0.05, 0.1) is 41.1 Å². The molecule has 0 saturated heterocycles. The number of ether oxygens (including phenoxy) is 1. The molecule has 1 aliphatic carbocycles. The van der Waals surface area contributed by atoms with Gasteiger partial charge >= 0.3 is 5.69 Å². The number of fused-ring (bicyclic) bond motifs is 1. The lowest BCUT2D eigenvalue weighted by Crippen LogP contribution is -2.47. The molecule has 46 heavy (non-hydrogen) atoms. The summed E-state index contributed by atoms with van der Waals surface area (Å²) in [5, 5.41) is 3.46. The van der Waals surface area contributed by atoms with Crippen molar-refractivity contribution in [2.24, 2.45) is 0 Å². The number of hydrogen-bond donors (Lipinski definition) is 2. The summed E-state index contributed by atoms with van der Waals surface area (Å²) in [7, 11) is 0. The highest BCUT2D eigenvalue weighted by Crippen LogP contribution is 2.30. The van der Waals surface area contributed by atoms with E-state index >= 15 is 0 Å². The molecule has 1 fully saturated rings. The minimum Gasteiger partial charge on any atom is -0.490 e. The fourth-order valence-electron chi connectivity index (χ4n) is 5.80. The molecule has 0 spiro atoms. The Bertz CT molecular complexity index is 2000. The summed E-state index contributed by atoms with van der Waals surface area (Å²) in [6, 6.07) is 19.6. The topological polar surface area (TPSA) is 114 Å². The highest BCUT2D eigenvalue weighted by atomic mass is 79.9. The molecule has 5 aromatic rings. The second kappa shape index (κ2) is 12.3. The fourth-order valence-corrected chi connectivity index (χ4v) is 6.23. The molecule has 7 rings (SSSR count). The average Bonchev–Trinajstić information content (AvgIpc) is 3.61. The third kappa shape index (κ3) is 5.76. The smallest absolute Gasteiger partial charge is 0.333 e. The first-order valence-electron chi connectivity index (χ1n) is 15.0. The van der Waals surface area contributed by atoms with Crippen LogP contribution in [0.25, 0.3) is 16.9 Å². The number of halogens is 2. The quantitative estimate of drug-likeness (QED) is 0.207. The third-order valence-corrected chi connectivity index (χ3v) is 9.57. The lowest BCUT2D eigenvalue weighted by molar-refractivity contribution is 0.0610. The third-order valence-electron chi connectivity index (χ3n) is 8.34. The highest BCUT2D eigenvalue weighted by molar-refractivity contribution is 9.10. The van der Waals surface area contributed by atoms with Gasteiger partial charge in [-0.25, -0.2) is 9.78 Å². The largest absolute Gasteiger partial charge is 0.490 e. The predicted molar refractivity (Wildman–Crippen MR) is 177 cm³/mol. The number of hydrogen-bond acceptors (Lipinski definition) is 5. The Morgan fingerprint density at radius 3 is 2.61 bits per heavy atom. The zero-order chi connectivity index (χ0) is 31.9. The van der Waals surface area contributed by atoms with Crippen LogP contribution in [-0.4, -0.2) is 48.0 Å². The van der Waals surface area contributed by atoms with Crippen LogP contribution in [0.1, 0.15) is 51.9 Å². The Morgan fingerprint density at radius 2 is 1.89 bits per heavy atom. The number of rotatable bonds is 8. The van der Waals surface area contributed by atoms with Crippen LogP contribution in [0.3, 0.4) is 0 Å². The Hall–Kier alpha value is -4.61. The number of carbonyl (C=O) groups excluding carboxylic acids is 2. The maximum atomic E-state index is 14.2. The van der Waals surface area contributed by atoms with Gasteiger partial charge in [0.1, 0.15) is 11.4 Å². The van der Waals surface area contributed by atoms with E-state index in [0.29, 0.717) is 32.2 Å². The summed E-state index contributed by atoms with van der Waals surface area (Å²) < 4.78 is 9.63. The number of nitrogens with one attached hydrogen (secondary N) is 2. The van der Waals surface area contributed by atoms with Gasteiger partial charge < -0.3 is 19.9 Å². The molecule has 10 nitrogen and oxygen atoms in total. The van der Waals surface area contributed by atoms with Crippen molar-refractivity contribution in [1.82, 2.24) is 29.3 Å². The molecule has 0 bridgehead atoms. The molecule has 3 aromatic carbocycles. The Morgan fingerprint density at radius 1 is 1.11 bits per heavy atom. The molecule has 2 aromatic heterocycles. The summed E-state index contributed by atoms with van der Waals surface area (Å²) in [5.41, 5.74) is 3.73. The molecule has 12 heteroatoms. The van der Waals surface area contributed by atoms with E-state index in [0.717, 1.165) is 29.7 Å². The monoisotopic (exact) mass is 700 g/mol. The second-order valence-electron chi connectivity index (χ2n) is 11.5. The van der Waals surface area contributed by atoms with Crippen LogP contribution in [0.5, 0.6) is 5.75 Å². The van der Waals surface area contributed by atoms with Crippen LogP contribution in [0.2, 0.25) is 5.02 Å². The van der Waals surface area contributed by atoms with Crippen molar-refractivity contribution in [3.05, 3.63) is 122 Å². The number of imidazole rings is 2. The van der Waals surface area contributed by atoms with Gasteiger partial charge in [-0.2, -0.15) is 0 Å². The fraction of sp³-hybridized carbons (Fsp3) is 0.235. The summed E-state index contributed by atoms with van der Waals surface area (Å²) >= 11 is 9.69. The van der Waals surface area contributed by atoms with E-state index in [2.05, 4.69) is 31.2 Å². The van der Waals surface area contributed by atoms with Crippen molar-refractivity contribution >= 4 is 39.3 Å². The highest BCUT2D eigenvalue weighted by Gasteiger charge is 2.35. The SMILES string of the molecule is C[C@H]1Cn2c(c(C(=O)NCc3ccccc3-c3c[nH]cn3)n(-c3ccc(OC4CC4)cc3)c2=O)CN1C(=O)c1ccc(Br)c(Cl)c1. The standard InChI is InChI=1S/C34H30BrClN6O4/c1-20-17-41-30(18-40(20)33(44)21-6-13-27(35)28(36)14-21)31(42(34(41)45)23-7-9-24(10-8-23)46-25-11-12-25)32(43)38-15-22-4-2-3-5-26(22)29-16-37-19-39-29/h2-10,13-14,16,19-20,25H,11-12,15,17-18H2,1H3,(H,37,39)(H,38,43)/t20-/m0/s1. The second-order valence-corrected chi connectivity index (χ2v) is 12.8. The van der Waals surface area contributed by atoms with E-state index in [1.807, 2.05) is 43.3 Å². The van der Waals surface area contributed by atoms with Crippen molar-refractivity contribution in [3.8, 4) is 22.7 Å². The maximum absolute atomic E-state index is 14.2. The van der Waals surface area contributed by atoms with Crippen LogP contribution >= 0.6 is 27.5 Å². The number of benzene rings is 3. The number of carbonyl (C=O) groups is 2. The van der Waals surface area contributed by atoms with Gasteiger partial charge in [-0.3, -0.25) is 18.7 Å². The van der Waals surface area contributed by atoms with Crippen molar-refractivity contribution in [1.29, 1.82) is 0 Å². The van der Waals surface area contributed by atoms with E-state index in [9.17, 15) is 14.4 Å². The summed E-state index contributed by atoms with van der Waals surface area (Å²) in [6.07, 6.45) is 5.69. The first kappa shape index (κ1) is 30.1. The van der Waals surface area contributed by atoms with E-state index in [-0.39, 0.29) is 49.1 Å². The number of aromatic nitrogens is 4. The number of amides is 2. The van der Waals surface area contributed by atoms with E-state index in [1.165, 1.54) is 4.57 Å². The van der Waals surface area contributed by atoms with Gasteiger partial charge in [0.2, 0.25) is 0 Å². The predicted octanol–water partition coefficient (Wildman–Crippen LogP) is 5.96. The molecule has 1 aliphatic heterocycles. The molecule has 0 radical (unpaired) electrons. The molecule has 234 valence electrons. The first-order valence-corrected chi connectivity index (χ1v) is 16.2. The van der Waals surface area contributed by atoms with Crippen molar-refractivity contribution in [3.63, 3.8) is 0 Å². The van der Waals surface area contributed by atoms with Crippen LogP contribution in [0.4, 0.5) is 0 Å². The number of H-pyrrole nitrogens is 1. The zero-order valence-corrected chi connectivity index (χ0v) is 27.2. The average molecular weight is 702 g/mol. The minimum absolute atomic E-state index is 0.0609. The maximum Gasteiger partial charge on any atom is 0.333 e. The molecule has 2 amide bonds. The lowest BCUT2D eigenvalue weighted by Gasteiger charge is -2.34. The summed E-state index contributed by atoms with van der Waals surface area (Å²) in [5.74, 6) is 0.0339. The van der Waals surface area contributed by atoms with Crippen LogP contribution in [-0.2, 0) is 19.6 Å². The first-order chi connectivity index (χ1) is 22.3. The zero-order valence-electron chi connectivity index (χ0n) is 24.9. The lowest BCUT2D eigenvalue weighted by atomic mass is 10.0. The van der Waals surface area contributed by atoms with Crippen LogP contribution in [0.15, 0.2) is 88.5 Å². The van der Waals surface area contributed by atoms with Crippen LogP contribution < -0.4 is 15.7 Å². The van der Waals surface area contributed by atoms with Gasteiger partial charge in [0.15, 0.2) is 0 Å². The van der Waals surface area contributed by atoms with E-state index < -0.39 is 5.91 Å². The van der Waals surface area contributed by atoms with Gasteiger partial charge in [-0.1, -0.05) is 35.9 Å². The Balaban J connectivity index is 1.26. The van der Waals surface area contributed by atoms with Crippen molar-refractivity contribution in [2.75, 3.05) is 0 Å². The molecule has 1 atom stereocenters. The molecule has 2 aliphatic rings. The van der Waals surface area contributed by atoms with Gasteiger partial charge in [0.25, 0.3) is 11.8 Å². The van der Waals surface area contributed by atoms with Crippen molar-refractivity contribution < 1.29 is 14.3 Å². The van der Waals surface area contributed by atoms with E-state index in [1.54, 1.807) is 52.3 Å².